The number of esters is 1. The zero-order valence-electron chi connectivity index (χ0n) is 21.1. The summed E-state index contributed by atoms with van der Waals surface area (Å²) in [4.78, 5) is 36.9. The molecule has 0 aliphatic rings. The number of para-hydroxylation sites is 1. The topological polar surface area (TPSA) is 138 Å². The molecular formula is C25H26N4O7S2. The number of nitrogens with one attached hydrogen (secondary N) is 2. The van der Waals surface area contributed by atoms with Crippen molar-refractivity contribution < 1.29 is 33.3 Å². The van der Waals surface area contributed by atoms with Gasteiger partial charge in [-0.15, -0.1) is 10.2 Å². The molecule has 3 rings (SSSR count). The Morgan fingerprint density at radius 2 is 1.71 bits per heavy atom. The second kappa shape index (κ2) is 14.0. The van der Waals surface area contributed by atoms with Gasteiger partial charge in [0.2, 0.25) is 22.7 Å². The van der Waals surface area contributed by atoms with Crippen LogP contribution in [0.3, 0.4) is 0 Å². The number of aromatic nitrogens is 2. The maximum Gasteiger partial charge on any atom is 0.340 e. The molecule has 2 aromatic carbocycles. The van der Waals surface area contributed by atoms with Gasteiger partial charge in [-0.2, -0.15) is 0 Å². The first-order valence-electron chi connectivity index (χ1n) is 11.2. The smallest absolute Gasteiger partial charge is 0.340 e. The monoisotopic (exact) mass is 558 g/mol. The number of nitrogens with zero attached hydrogens (tertiary/aromatic N) is 2. The summed E-state index contributed by atoms with van der Waals surface area (Å²) in [7, 11) is 4.53. The van der Waals surface area contributed by atoms with Crippen LogP contribution in [0.5, 0.6) is 17.2 Å². The highest BCUT2D eigenvalue weighted by atomic mass is 32.2. The molecule has 11 nitrogen and oxygen atoms in total. The van der Waals surface area contributed by atoms with Crippen molar-refractivity contribution in [2.75, 3.05) is 44.3 Å². The average Bonchev–Trinajstić information content (AvgIpc) is 3.37. The van der Waals surface area contributed by atoms with Crippen molar-refractivity contribution in [2.45, 2.75) is 11.3 Å². The van der Waals surface area contributed by atoms with Gasteiger partial charge < -0.3 is 24.3 Å². The maximum absolute atomic E-state index is 12.4. The van der Waals surface area contributed by atoms with E-state index in [2.05, 4.69) is 20.8 Å². The van der Waals surface area contributed by atoms with E-state index in [0.717, 1.165) is 23.1 Å². The van der Waals surface area contributed by atoms with E-state index in [1.54, 1.807) is 49.4 Å². The largest absolute Gasteiger partial charge is 0.493 e. The van der Waals surface area contributed by atoms with Gasteiger partial charge in [-0.05, 0) is 42.8 Å². The molecule has 0 saturated carbocycles. The molecule has 0 atom stereocenters. The molecule has 13 heteroatoms. The molecule has 0 aliphatic carbocycles. The lowest BCUT2D eigenvalue weighted by Gasteiger charge is -2.12. The van der Waals surface area contributed by atoms with Gasteiger partial charge in [0.05, 0.1) is 44.9 Å². The molecule has 0 spiro atoms. The van der Waals surface area contributed by atoms with Gasteiger partial charge in [-0.25, -0.2) is 4.79 Å². The van der Waals surface area contributed by atoms with Crippen LogP contribution in [0.1, 0.15) is 22.8 Å². The van der Waals surface area contributed by atoms with Crippen LogP contribution in [0.4, 0.5) is 10.8 Å². The minimum atomic E-state index is -0.514. The molecule has 0 saturated heterocycles. The van der Waals surface area contributed by atoms with E-state index < -0.39 is 11.9 Å². The first-order valence-corrected chi connectivity index (χ1v) is 13.0. The molecule has 2 N–H and O–H groups in total. The molecule has 38 heavy (non-hydrogen) atoms. The first kappa shape index (κ1) is 28.5. The van der Waals surface area contributed by atoms with Crippen molar-refractivity contribution in [1.29, 1.82) is 0 Å². The first-order chi connectivity index (χ1) is 18.4. The summed E-state index contributed by atoms with van der Waals surface area (Å²) in [6, 6.07) is 10.0. The van der Waals surface area contributed by atoms with E-state index in [-0.39, 0.29) is 29.0 Å². The molecule has 2 amide bonds. The Hall–Kier alpha value is -4.10. The summed E-state index contributed by atoms with van der Waals surface area (Å²) in [6.07, 6.45) is 2.93. The fourth-order valence-corrected chi connectivity index (χ4v) is 4.68. The summed E-state index contributed by atoms with van der Waals surface area (Å²) >= 11 is 2.28. The lowest BCUT2D eigenvalue weighted by Crippen LogP contribution is -2.17. The maximum atomic E-state index is 12.4. The number of anilines is 2. The summed E-state index contributed by atoms with van der Waals surface area (Å²) < 4.78 is 21.4. The van der Waals surface area contributed by atoms with Gasteiger partial charge in [-0.3, -0.25) is 14.9 Å². The second-order valence-electron chi connectivity index (χ2n) is 7.26. The summed E-state index contributed by atoms with van der Waals surface area (Å²) in [5, 5.41) is 13.6. The van der Waals surface area contributed by atoms with Crippen LogP contribution in [-0.4, -0.2) is 61.7 Å². The molecule has 0 aliphatic heterocycles. The predicted molar refractivity (Wildman–Crippen MR) is 145 cm³/mol. The van der Waals surface area contributed by atoms with Crippen molar-refractivity contribution in [3.8, 4) is 17.2 Å². The number of benzene rings is 2. The van der Waals surface area contributed by atoms with Crippen LogP contribution in [-0.2, 0) is 14.3 Å². The van der Waals surface area contributed by atoms with E-state index in [9.17, 15) is 14.4 Å². The molecule has 1 aromatic heterocycles. The van der Waals surface area contributed by atoms with Crippen LogP contribution in [0.25, 0.3) is 6.08 Å². The quantitative estimate of drug-likeness (QED) is 0.144. The number of carbonyl (C=O) groups excluding carboxylic acids is 3. The number of methoxy groups -OCH3 is 3. The van der Waals surface area contributed by atoms with Crippen LogP contribution in [0.2, 0.25) is 0 Å². The lowest BCUT2D eigenvalue weighted by atomic mass is 10.1. The molecule has 0 radical (unpaired) electrons. The van der Waals surface area contributed by atoms with Gasteiger partial charge in [0.15, 0.2) is 15.8 Å². The minimum absolute atomic E-state index is 0.0285. The number of hydrogen-bond donors (Lipinski definition) is 2. The zero-order valence-corrected chi connectivity index (χ0v) is 22.7. The van der Waals surface area contributed by atoms with E-state index in [0.29, 0.717) is 32.8 Å². The SMILES string of the molecule is CCOC(=O)c1ccccc1NC(=O)CSc1nnc(NC(=O)/C=C/c2cc(OC)c(OC)c(OC)c2)s1. The van der Waals surface area contributed by atoms with E-state index >= 15 is 0 Å². The summed E-state index contributed by atoms with van der Waals surface area (Å²) in [5.74, 6) is 0.144. The Bertz CT molecular complexity index is 1300. The molecule has 0 fully saturated rings. The number of ether oxygens (including phenoxy) is 4. The van der Waals surface area contributed by atoms with E-state index in [4.69, 9.17) is 18.9 Å². The Labute approximate surface area is 227 Å². The van der Waals surface area contributed by atoms with Crippen molar-refractivity contribution in [3.05, 3.63) is 53.6 Å². The van der Waals surface area contributed by atoms with Gasteiger partial charge in [0, 0.05) is 6.08 Å². The fourth-order valence-electron chi connectivity index (χ4n) is 3.13. The van der Waals surface area contributed by atoms with Crippen molar-refractivity contribution in [2.24, 2.45) is 0 Å². The van der Waals surface area contributed by atoms with E-state index in [1.165, 1.54) is 27.4 Å². The highest BCUT2D eigenvalue weighted by Crippen LogP contribution is 2.38. The Morgan fingerprint density at radius 3 is 2.37 bits per heavy atom. The van der Waals surface area contributed by atoms with Gasteiger partial charge in [0.1, 0.15) is 0 Å². The number of rotatable bonds is 12. The molecule has 1 heterocycles. The van der Waals surface area contributed by atoms with Crippen molar-refractivity contribution in [1.82, 2.24) is 10.2 Å². The highest BCUT2D eigenvalue weighted by molar-refractivity contribution is 8.01. The third-order valence-corrected chi connectivity index (χ3v) is 6.75. The second-order valence-corrected chi connectivity index (χ2v) is 9.46. The molecule has 200 valence electrons. The zero-order chi connectivity index (χ0) is 27.5. The molecular weight excluding hydrogens is 532 g/mol. The average molecular weight is 559 g/mol. The van der Waals surface area contributed by atoms with Gasteiger partial charge >= 0.3 is 5.97 Å². The Kier molecular flexibility index (Phi) is 10.5. The number of amides is 2. The third kappa shape index (κ3) is 7.70. The van der Waals surface area contributed by atoms with E-state index in [1.807, 2.05) is 0 Å². The normalized spacial score (nSPS) is 10.6. The minimum Gasteiger partial charge on any atom is -0.493 e. The standard InChI is InChI=1S/C25H26N4O7S2/c1-5-36-23(32)16-8-6-7-9-17(16)26-21(31)14-37-25-29-28-24(38-25)27-20(30)11-10-15-12-18(33-2)22(35-4)19(13-15)34-3/h6-13H,5,14H2,1-4H3,(H,26,31)(H,27,28,30)/b11-10+. The van der Waals surface area contributed by atoms with Crippen LogP contribution in [0.15, 0.2) is 46.8 Å². The van der Waals surface area contributed by atoms with Crippen molar-refractivity contribution >= 4 is 57.8 Å². The Morgan fingerprint density at radius 1 is 1.00 bits per heavy atom. The number of hydrogen-bond acceptors (Lipinski definition) is 11. The molecule has 3 aromatic rings. The predicted octanol–water partition coefficient (Wildman–Crippen LogP) is 4.12. The van der Waals surface area contributed by atoms with Gasteiger partial charge in [0.25, 0.3) is 0 Å². The Balaban J connectivity index is 1.55. The lowest BCUT2D eigenvalue weighted by molar-refractivity contribution is -0.114. The third-order valence-electron chi connectivity index (χ3n) is 4.77. The van der Waals surface area contributed by atoms with Crippen LogP contribution >= 0.6 is 23.1 Å². The van der Waals surface area contributed by atoms with Crippen molar-refractivity contribution in [3.63, 3.8) is 0 Å². The van der Waals surface area contributed by atoms with Crippen LogP contribution < -0.4 is 24.8 Å². The fraction of sp³-hybridized carbons (Fsp3) is 0.240. The number of carbonyl (C=O) groups is 3. The summed E-state index contributed by atoms with van der Waals surface area (Å²) in [6.45, 7) is 1.94. The van der Waals surface area contributed by atoms with Gasteiger partial charge in [-0.1, -0.05) is 35.2 Å². The van der Waals surface area contributed by atoms with Crippen LogP contribution in [0, 0.1) is 0 Å². The number of thioether (sulfide) groups is 1. The molecule has 0 bridgehead atoms. The summed E-state index contributed by atoms with van der Waals surface area (Å²) in [5.41, 5.74) is 1.30. The molecule has 0 unspecified atom stereocenters. The highest BCUT2D eigenvalue weighted by Gasteiger charge is 2.16.